The highest BCUT2D eigenvalue weighted by atomic mass is 127. The van der Waals surface area contributed by atoms with Gasteiger partial charge in [-0.2, -0.15) is 0 Å². The standard InChI is InChI=1S/C19H37N3O.HI/c1-5-8-18(2)9-7-13-22(16-18)17(20-3)21-15-19(10-6-11-19)12-14-23-4;/h5-16H2,1-4H3,(H,20,21);1H. The molecule has 1 aliphatic carbocycles. The van der Waals surface area contributed by atoms with Gasteiger partial charge >= 0.3 is 0 Å². The minimum Gasteiger partial charge on any atom is -0.385 e. The van der Waals surface area contributed by atoms with Gasteiger partial charge in [0.1, 0.15) is 0 Å². The fourth-order valence-corrected chi connectivity index (χ4v) is 4.41. The fraction of sp³-hybridized carbons (Fsp3) is 0.947. The molecule has 1 atom stereocenters. The minimum atomic E-state index is 0. The van der Waals surface area contributed by atoms with Crippen LogP contribution in [0.2, 0.25) is 0 Å². The van der Waals surface area contributed by atoms with Crippen LogP contribution in [0.1, 0.15) is 65.2 Å². The van der Waals surface area contributed by atoms with E-state index in [9.17, 15) is 0 Å². The van der Waals surface area contributed by atoms with Crippen molar-refractivity contribution in [2.45, 2.75) is 65.2 Å². The summed E-state index contributed by atoms with van der Waals surface area (Å²) in [6.07, 6.45) is 10.4. The molecule has 1 saturated heterocycles. The second-order valence-corrected chi connectivity index (χ2v) is 8.08. The topological polar surface area (TPSA) is 36.9 Å². The lowest BCUT2D eigenvalue weighted by Gasteiger charge is -2.45. The lowest BCUT2D eigenvalue weighted by Crippen LogP contribution is -2.52. The molecule has 0 aromatic carbocycles. The lowest BCUT2D eigenvalue weighted by atomic mass is 9.67. The van der Waals surface area contributed by atoms with Crippen molar-refractivity contribution in [1.29, 1.82) is 0 Å². The van der Waals surface area contributed by atoms with Crippen molar-refractivity contribution in [3.8, 4) is 0 Å². The number of nitrogens with one attached hydrogen (secondary N) is 1. The number of hydrogen-bond donors (Lipinski definition) is 1. The van der Waals surface area contributed by atoms with Gasteiger partial charge in [0.15, 0.2) is 5.96 Å². The van der Waals surface area contributed by atoms with Gasteiger partial charge in [-0.15, -0.1) is 24.0 Å². The summed E-state index contributed by atoms with van der Waals surface area (Å²) in [5, 5.41) is 3.69. The van der Waals surface area contributed by atoms with Crippen LogP contribution in [0, 0.1) is 10.8 Å². The zero-order valence-electron chi connectivity index (χ0n) is 16.2. The molecule has 5 heteroatoms. The molecule has 1 N–H and O–H groups in total. The molecule has 0 radical (unpaired) electrons. The molecule has 142 valence electrons. The number of nitrogens with zero attached hydrogens (tertiary/aromatic N) is 2. The van der Waals surface area contributed by atoms with Gasteiger partial charge in [-0.3, -0.25) is 4.99 Å². The Morgan fingerprint density at radius 3 is 2.50 bits per heavy atom. The minimum absolute atomic E-state index is 0. The molecule has 0 bridgehead atoms. The number of hydrogen-bond acceptors (Lipinski definition) is 2. The first-order valence-corrected chi connectivity index (χ1v) is 9.51. The second-order valence-electron chi connectivity index (χ2n) is 8.08. The molecule has 1 unspecified atom stereocenters. The van der Waals surface area contributed by atoms with Crippen LogP contribution in [0.15, 0.2) is 4.99 Å². The quantitative estimate of drug-likeness (QED) is 0.357. The number of ether oxygens (including phenoxy) is 1. The van der Waals surface area contributed by atoms with Crippen molar-refractivity contribution in [3.63, 3.8) is 0 Å². The smallest absolute Gasteiger partial charge is 0.193 e. The van der Waals surface area contributed by atoms with Crippen molar-refractivity contribution in [2.24, 2.45) is 15.8 Å². The third-order valence-corrected chi connectivity index (χ3v) is 6.02. The molecule has 4 nitrogen and oxygen atoms in total. The number of aliphatic imine (C=N–C) groups is 1. The van der Waals surface area contributed by atoms with Crippen molar-refractivity contribution >= 4 is 29.9 Å². The average molecular weight is 451 g/mol. The molecule has 1 saturated carbocycles. The summed E-state index contributed by atoms with van der Waals surface area (Å²) in [4.78, 5) is 7.07. The van der Waals surface area contributed by atoms with Crippen LogP contribution in [0.5, 0.6) is 0 Å². The number of halogens is 1. The summed E-state index contributed by atoms with van der Waals surface area (Å²) < 4.78 is 5.31. The molecule has 1 aliphatic heterocycles. The van der Waals surface area contributed by atoms with E-state index < -0.39 is 0 Å². The van der Waals surface area contributed by atoms with E-state index in [1.54, 1.807) is 7.11 Å². The first-order chi connectivity index (χ1) is 11.1. The summed E-state index contributed by atoms with van der Waals surface area (Å²) >= 11 is 0. The monoisotopic (exact) mass is 451 g/mol. The van der Waals surface area contributed by atoms with Gasteiger partial charge in [0, 0.05) is 40.4 Å². The molecule has 24 heavy (non-hydrogen) atoms. The Bertz CT molecular complexity index is 394. The highest BCUT2D eigenvalue weighted by Crippen LogP contribution is 2.43. The summed E-state index contributed by atoms with van der Waals surface area (Å²) in [6.45, 7) is 8.95. The van der Waals surface area contributed by atoms with Crippen molar-refractivity contribution in [1.82, 2.24) is 10.2 Å². The molecule has 0 aromatic rings. The van der Waals surface area contributed by atoms with E-state index in [0.717, 1.165) is 32.2 Å². The Labute approximate surface area is 166 Å². The Morgan fingerprint density at radius 1 is 1.21 bits per heavy atom. The van der Waals surface area contributed by atoms with E-state index in [4.69, 9.17) is 4.74 Å². The van der Waals surface area contributed by atoms with Crippen LogP contribution >= 0.6 is 24.0 Å². The van der Waals surface area contributed by atoms with Crippen LogP contribution in [0.4, 0.5) is 0 Å². The molecular weight excluding hydrogens is 413 g/mol. The SMILES string of the molecule is CCCC1(C)CCCN(C(=NC)NCC2(CCOC)CCC2)C1.I. The summed E-state index contributed by atoms with van der Waals surface area (Å²) in [6, 6.07) is 0. The molecule has 0 amide bonds. The first kappa shape index (κ1) is 22.0. The number of rotatable bonds is 7. The predicted octanol–water partition coefficient (Wildman–Crippen LogP) is 4.29. The van der Waals surface area contributed by atoms with Crippen LogP contribution in [-0.2, 0) is 4.74 Å². The van der Waals surface area contributed by atoms with Gasteiger partial charge in [-0.1, -0.05) is 26.7 Å². The maximum Gasteiger partial charge on any atom is 0.193 e. The average Bonchev–Trinajstić information content (AvgIpc) is 2.49. The Hall–Kier alpha value is -0.0400. The predicted molar refractivity (Wildman–Crippen MR) is 113 cm³/mol. The van der Waals surface area contributed by atoms with E-state index in [0.29, 0.717) is 10.8 Å². The van der Waals surface area contributed by atoms with Crippen LogP contribution < -0.4 is 5.32 Å². The Kier molecular flexibility index (Phi) is 9.34. The zero-order valence-corrected chi connectivity index (χ0v) is 18.5. The molecule has 0 spiro atoms. The number of likely N-dealkylation sites (tertiary alicyclic amines) is 1. The van der Waals surface area contributed by atoms with E-state index in [2.05, 4.69) is 29.1 Å². The van der Waals surface area contributed by atoms with Gasteiger partial charge < -0.3 is 15.0 Å². The van der Waals surface area contributed by atoms with Crippen LogP contribution in [0.3, 0.4) is 0 Å². The molecule has 2 rings (SSSR count). The maximum atomic E-state index is 5.31. The van der Waals surface area contributed by atoms with Crippen LogP contribution in [-0.4, -0.2) is 51.3 Å². The normalized spacial score (nSPS) is 26.5. The lowest BCUT2D eigenvalue weighted by molar-refractivity contribution is 0.0715. The molecule has 1 heterocycles. The molecule has 0 aromatic heterocycles. The largest absolute Gasteiger partial charge is 0.385 e. The Balaban J connectivity index is 0.00000288. The van der Waals surface area contributed by atoms with Crippen molar-refractivity contribution < 1.29 is 4.74 Å². The number of methoxy groups -OCH3 is 1. The third kappa shape index (κ3) is 5.75. The first-order valence-electron chi connectivity index (χ1n) is 9.51. The van der Waals surface area contributed by atoms with Crippen molar-refractivity contribution in [2.75, 3.05) is 40.4 Å². The highest BCUT2D eigenvalue weighted by Gasteiger charge is 2.37. The molecule has 2 fully saturated rings. The Morgan fingerprint density at radius 2 is 1.96 bits per heavy atom. The van der Waals surface area contributed by atoms with Gasteiger partial charge in [0.05, 0.1) is 0 Å². The fourth-order valence-electron chi connectivity index (χ4n) is 4.41. The summed E-state index contributed by atoms with van der Waals surface area (Å²) in [5.41, 5.74) is 0.892. The summed E-state index contributed by atoms with van der Waals surface area (Å²) in [7, 11) is 3.73. The van der Waals surface area contributed by atoms with Gasteiger partial charge in [0.2, 0.25) is 0 Å². The van der Waals surface area contributed by atoms with E-state index in [1.807, 2.05) is 7.05 Å². The van der Waals surface area contributed by atoms with Gasteiger partial charge in [-0.25, -0.2) is 0 Å². The second kappa shape index (κ2) is 10.2. The van der Waals surface area contributed by atoms with E-state index >= 15 is 0 Å². The van der Waals surface area contributed by atoms with Crippen molar-refractivity contribution in [3.05, 3.63) is 0 Å². The van der Waals surface area contributed by atoms with E-state index in [-0.39, 0.29) is 24.0 Å². The molecule has 2 aliphatic rings. The highest BCUT2D eigenvalue weighted by molar-refractivity contribution is 14.0. The van der Waals surface area contributed by atoms with Gasteiger partial charge in [0.25, 0.3) is 0 Å². The zero-order chi connectivity index (χ0) is 16.8. The maximum absolute atomic E-state index is 5.31. The number of piperidine rings is 1. The van der Waals surface area contributed by atoms with Gasteiger partial charge in [-0.05, 0) is 49.4 Å². The van der Waals surface area contributed by atoms with E-state index in [1.165, 1.54) is 51.4 Å². The third-order valence-electron chi connectivity index (χ3n) is 6.02. The summed E-state index contributed by atoms with van der Waals surface area (Å²) in [5.74, 6) is 1.11. The molecular formula is C19H38IN3O. The number of guanidine groups is 1. The van der Waals surface area contributed by atoms with Crippen LogP contribution in [0.25, 0.3) is 0 Å².